The maximum absolute atomic E-state index is 6.39. The molecule has 3 aromatic rings. The van der Waals surface area contributed by atoms with Gasteiger partial charge in [0, 0.05) is 11.6 Å². The van der Waals surface area contributed by atoms with Crippen LogP contribution in [0, 0.1) is 6.92 Å². The molecule has 3 aromatic heterocycles. The monoisotopic (exact) mass is 366 g/mol. The summed E-state index contributed by atoms with van der Waals surface area (Å²) in [4.78, 5) is 9.67. The largest absolute Gasteiger partial charge is 0.334 e. The van der Waals surface area contributed by atoms with Crippen molar-refractivity contribution in [1.82, 2.24) is 24.9 Å². The number of fused-ring (bicyclic) bond motifs is 1. The van der Waals surface area contributed by atoms with Gasteiger partial charge in [-0.1, -0.05) is 5.16 Å². The second kappa shape index (κ2) is 5.38. The molecular formula is C20H26N6O. The zero-order chi connectivity index (χ0) is 19.0. The minimum Gasteiger partial charge on any atom is -0.334 e. The quantitative estimate of drug-likeness (QED) is 0.758. The lowest BCUT2D eigenvalue weighted by atomic mass is 9.77. The first kappa shape index (κ1) is 16.9. The molecule has 3 heterocycles. The summed E-state index contributed by atoms with van der Waals surface area (Å²) in [6.07, 6.45) is 5.30. The van der Waals surface area contributed by atoms with E-state index < -0.39 is 5.54 Å². The van der Waals surface area contributed by atoms with E-state index in [1.807, 2.05) is 11.6 Å². The van der Waals surface area contributed by atoms with Gasteiger partial charge in [0.05, 0.1) is 27.7 Å². The molecule has 0 bridgehead atoms. The van der Waals surface area contributed by atoms with Gasteiger partial charge in [-0.05, 0) is 65.9 Å². The number of aromatic nitrogens is 5. The zero-order valence-corrected chi connectivity index (χ0v) is 16.4. The van der Waals surface area contributed by atoms with E-state index in [1.165, 1.54) is 12.8 Å². The molecule has 0 radical (unpaired) electrons. The SMILES string of the molecule is Cc1nn(C(C)(C)C)c2nc(C3CC3)cc(-c3nc(C4(N)CCC4)no3)c12. The summed E-state index contributed by atoms with van der Waals surface area (Å²) in [5.41, 5.74) is 9.64. The summed E-state index contributed by atoms with van der Waals surface area (Å²) >= 11 is 0. The van der Waals surface area contributed by atoms with Crippen molar-refractivity contribution in [2.45, 2.75) is 76.8 Å². The van der Waals surface area contributed by atoms with Crippen molar-refractivity contribution in [2.24, 2.45) is 5.73 Å². The van der Waals surface area contributed by atoms with Crippen LogP contribution in [-0.2, 0) is 11.1 Å². The highest BCUT2D eigenvalue weighted by atomic mass is 16.5. The molecule has 142 valence electrons. The fourth-order valence-electron chi connectivity index (χ4n) is 3.85. The summed E-state index contributed by atoms with van der Waals surface area (Å²) in [6.45, 7) is 8.44. The van der Waals surface area contributed by atoms with E-state index in [0.29, 0.717) is 17.6 Å². The summed E-state index contributed by atoms with van der Waals surface area (Å²) < 4.78 is 7.69. The van der Waals surface area contributed by atoms with Crippen LogP contribution in [0.15, 0.2) is 10.6 Å². The molecule has 27 heavy (non-hydrogen) atoms. The first-order chi connectivity index (χ1) is 12.8. The van der Waals surface area contributed by atoms with Crippen molar-refractivity contribution in [3.05, 3.63) is 23.3 Å². The van der Waals surface area contributed by atoms with E-state index in [9.17, 15) is 0 Å². The predicted molar refractivity (Wildman–Crippen MR) is 102 cm³/mol. The van der Waals surface area contributed by atoms with Crippen LogP contribution in [-0.4, -0.2) is 24.9 Å². The highest BCUT2D eigenvalue weighted by molar-refractivity contribution is 5.93. The van der Waals surface area contributed by atoms with Gasteiger partial charge < -0.3 is 10.3 Å². The molecule has 7 nitrogen and oxygen atoms in total. The lowest BCUT2D eigenvalue weighted by molar-refractivity contribution is 0.229. The Balaban J connectivity index is 1.73. The third kappa shape index (κ3) is 2.59. The molecule has 5 rings (SSSR count). The van der Waals surface area contributed by atoms with Gasteiger partial charge in [-0.3, -0.25) is 0 Å². The predicted octanol–water partition coefficient (Wildman–Crippen LogP) is 3.76. The third-order valence-electron chi connectivity index (χ3n) is 5.81. The van der Waals surface area contributed by atoms with Gasteiger partial charge in [0.2, 0.25) is 0 Å². The average molecular weight is 366 g/mol. The molecule has 7 heteroatoms. The molecule has 2 fully saturated rings. The molecule has 0 atom stereocenters. The van der Waals surface area contributed by atoms with Gasteiger partial charge in [0.15, 0.2) is 11.5 Å². The van der Waals surface area contributed by atoms with Gasteiger partial charge in [-0.2, -0.15) is 10.1 Å². The van der Waals surface area contributed by atoms with E-state index in [-0.39, 0.29) is 5.54 Å². The lowest BCUT2D eigenvalue weighted by Gasteiger charge is -2.34. The van der Waals surface area contributed by atoms with Gasteiger partial charge in [-0.15, -0.1) is 0 Å². The van der Waals surface area contributed by atoms with Gasteiger partial charge in [-0.25, -0.2) is 9.67 Å². The summed E-state index contributed by atoms with van der Waals surface area (Å²) in [5.74, 6) is 1.65. The summed E-state index contributed by atoms with van der Waals surface area (Å²) in [5, 5.41) is 9.99. The van der Waals surface area contributed by atoms with Crippen molar-refractivity contribution >= 4 is 11.0 Å². The van der Waals surface area contributed by atoms with Crippen LogP contribution < -0.4 is 5.73 Å². The van der Waals surface area contributed by atoms with E-state index in [4.69, 9.17) is 25.3 Å². The molecule has 2 aliphatic rings. The second-order valence-corrected chi connectivity index (χ2v) is 9.17. The average Bonchev–Trinajstić information content (AvgIpc) is 3.21. The first-order valence-electron chi connectivity index (χ1n) is 9.80. The van der Waals surface area contributed by atoms with Gasteiger partial charge in [0.1, 0.15) is 0 Å². The molecule has 0 aliphatic heterocycles. The minimum absolute atomic E-state index is 0.161. The normalized spacial score (nSPS) is 19.4. The molecule has 0 saturated heterocycles. The molecule has 0 aromatic carbocycles. The summed E-state index contributed by atoms with van der Waals surface area (Å²) in [7, 11) is 0. The maximum atomic E-state index is 6.39. The molecule has 2 saturated carbocycles. The Morgan fingerprint density at radius 1 is 1.22 bits per heavy atom. The Morgan fingerprint density at radius 2 is 1.96 bits per heavy atom. The smallest absolute Gasteiger partial charge is 0.258 e. The van der Waals surface area contributed by atoms with Gasteiger partial charge in [0.25, 0.3) is 5.89 Å². The van der Waals surface area contributed by atoms with Crippen LogP contribution in [0.1, 0.15) is 76.0 Å². The Hall–Kier alpha value is -2.28. The molecule has 0 unspecified atom stereocenters. The topological polar surface area (TPSA) is 95.7 Å². The number of nitrogens with zero attached hydrogens (tertiary/aromatic N) is 5. The fourth-order valence-corrected chi connectivity index (χ4v) is 3.85. The van der Waals surface area contributed by atoms with Crippen molar-refractivity contribution in [3.63, 3.8) is 0 Å². The number of rotatable bonds is 3. The highest BCUT2D eigenvalue weighted by Gasteiger charge is 2.39. The van der Waals surface area contributed by atoms with Crippen molar-refractivity contribution in [1.29, 1.82) is 0 Å². The van der Waals surface area contributed by atoms with Crippen LogP contribution in [0.3, 0.4) is 0 Å². The zero-order valence-electron chi connectivity index (χ0n) is 16.4. The highest BCUT2D eigenvalue weighted by Crippen LogP contribution is 2.43. The van der Waals surface area contributed by atoms with E-state index >= 15 is 0 Å². The third-order valence-corrected chi connectivity index (χ3v) is 5.81. The molecule has 0 amide bonds. The van der Waals surface area contributed by atoms with Gasteiger partial charge >= 0.3 is 0 Å². The van der Waals surface area contributed by atoms with Crippen molar-refractivity contribution in [3.8, 4) is 11.5 Å². The molecular weight excluding hydrogens is 340 g/mol. The molecule has 0 spiro atoms. The Kier molecular flexibility index (Phi) is 3.36. The van der Waals surface area contributed by atoms with Crippen molar-refractivity contribution in [2.75, 3.05) is 0 Å². The summed E-state index contributed by atoms with van der Waals surface area (Å²) in [6, 6.07) is 2.11. The van der Waals surface area contributed by atoms with E-state index in [0.717, 1.165) is 47.2 Å². The second-order valence-electron chi connectivity index (χ2n) is 9.17. The Bertz CT molecular complexity index is 1030. The number of nitrogens with two attached hydrogens (primary N) is 1. The van der Waals surface area contributed by atoms with Crippen LogP contribution in [0.25, 0.3) is 22.5 Å². The fraction of sp³-hybridized carbons (Fsp3) is 0.600. The van der Waals surface area contributed by atoms with Crippen molar-refractivity contribution < 1.29 is 4.52 Å². The Morgan fingerprint density at radius 3 is 2.56 bits per heavy atom. The number of hydrogen-bond donors (Lipinski definition) is 1. The van der Waals surface area contributed by atoms with Crippen LogP contribution in [0.2, 0.25) is 0 Å². The van der Waals surface area contributed by atoms with E-state index in [1.54, 1.807) is 0 Å². The Labute approximate surface area is 158 Å². The number of hydrogen-bond acceptors (Lipinski definition) is 6. The number of aryl methyl sites for hydroxylation is 1. The first-order valence-corrected chi connectivity index (χ1v) is 9.80. The van der Waals surface area contributed by atoms with Crippen LogP contribution >= 0.6 is 0 Å². The molecule has 2 N–H and O–H groups in total. The van der Waals surface area contributed by atoms with Crippen LogP contribution in [0.5, 0.6) is 0 Å². The molecule has 2 aliphatic carbocycles. The van der Waals surface area contributed by atoms with Crippen LogP contribution in [0.4, 0.5) is 0 Å². The lowest BCUT2D eigenvalue weighted by Crippen LogP contribution is -2.44. The van der Waals surface area contributed by atoms with E-state index in [2.05, 4.69) is 32.0 Å². The maximum Gasteiger partial charge on any atom is 0.258 e. The standard InChI is InChI=1S/C20H26N6O/c1-11-15-13(17-23-18(25-27-17)20(21)8-5-9-20)10-14(12-6-7-12)22-16(15)26(24-11)19(2,3)4/h10,12H,5-9,21H2,1-4H3. The minimum atomic E-state index is -0.433. The number of pyridine rings is 1.